The normalized spacial score (nSPS) is 15.8. The molecule has 0 amide bonds. The lowest BCUT2D eigenvalue weighted by Crippen LogP contribution is -1.99. The molecule has 0 saturated carbocycles. The molecule has 0 aromatic heterocycles. The van der Waals surface area contributed by atoms with Crippen LogP contribution >= 0.6 is 0 Å². The third-order valence-corrected chi connectivity index (χ3v) is 3.76. The van der Waals surface area contributed by atoms with Crippen LogP contribution in [0.15, 0.2) is 52.4 Å². The summed E-state index contributed by atoms with van der Waals surface area (Å²) >= 11 is 0. The first-order valence-corrected chi connectivity index (χ1v) is 6.62. The summed E-state index contributed by atoms with van der Waals surface area (Å²) in [6.45, 7) is 2.09. The molecule has 2 aromatic carbocycles. The molecule has 4 rings (SSSR count). The Bertz CT molecular complexity index is 724. The van der Waals surface area contributed by atoms with Crippen LogP contribution in [-0.2, 0) is 12.8 Å². The second kappa shape index (κ2) is 3.89. The van der Waals surface area contributed by atoms with Crippen molar-refractivity contribution in [2.45, 2.75) is 19.8 Å². The molecule has 0 fully saturated rings. The lowest BCUT2D eigenvalue weighted by atomic mass is 10.0. The molecule has 2 nitrogen and oxygen atoms in total. The van der Waals surface area contributed by atoms with E-state index in [1.165, 1.54) is 28.1 Å². The van der Waals surface area contributed by atoms with Gasteiger partial charge in [0.05, 0.1) is 17.1 Å². The minimum Gasteiger partial charge on any atom is -0.257 e. The second-order valence-corrected chi connectivity index (χ2v) is 5.23. The van der Waals surface area contributed by atoms with Gasteiger partial charge < -0.3 is 0 Å². The topological polar surface area (TPSA) is 24.7 Å². The number of nitrogens with zero attached hydrogens (tertiary/aromatic N) is 2. The maximum atomic E-state index is 4.77. The third kappa shape index (κ3) is 1.72. The van der Waals surface area contributed by atoms with Crippen molar-refractivity contribution in [3.63, 3.8) is 0 Å². The zero-order valence-electron chi connectivity index (χ0n) is 10.9. The molecule has 19 heavy (non-hydrogen) atoms. The van der Waals surface area contributed by atoms with E-state index < -0.39 is 0 Å². The molecule has 0 saturated heterocycles. The van der Waals surface area contributed by atoms with Crippen LogP contribution < -0.4 is 0 Å². The Hall–Kier alpha value is -2.22. The average Bonchev–Trinajstić information content (AvgIpc) is 2.98. The van der Waals surface area contributed by atoms with Gasteiger partial charge in [-0.2, -0.15) is 0 Å². The molecule has 0 N–H and O–H groups in total. The van der Waals surface area contributed by atoms with E-state index in [0.29, 0.717) is 0 Å². The first-order chi connectivity index (χ1) is 9.29. The van der Waals surface area contributed by atoms with Crippen molar-refractivity contribution < 1.29 is 0 Å². The zero-order chi connectivity index (χ0) is 12.8. The molecule has 92 valence electrons. The summed E-state index contributed by atoms with van der Waals surface area (Å²) in [6.07, 6.45) is 1.93. The molecule has 2 aliphatic heterocycles. The molecule has 0 aliphatic carbocycles. The summed E-state index contributed by atoms with van der Waals surface area (Å²) in [5.41, 5.74) is 8.47. The van der Waals surface area contributed by atoms with Gasteiger partial charge in [0, 0.05) is 18.6 Å². The highest BCUT2D eigenvalue weighted by Crippen LogP contribution is 2.37. The second-order valence-electron chi connectivity index (χ2n) is 5.23. The van der Waals surface area contributed by atoms with Gasteiger partial charge >= 0.3 is 0 Å². The van der Waals surface area contributed by atoms with E-state index in [-0.39, 0.29) is 0 Å². The van der Waals surface area contributed by atoms with Crippen LogP contribution in [0.25, 0.3) is 0 Å². The molecule has 0 atom stereocenters. The van der Waals surface area contributed by atoms with Crippen LogP contribution in [0, 0.1) is 0 Å². The van der Waals surface area contributed by atoms with Gasteiger partial charge in [-0.3, -0.25) is 9.98 Å². The van der Waals surface area contributed by atoms with Gasteiger partial charge in [-0.25, -0.2) is 0 Å². The van der Waals surface area contributed by atoms with E-state index in [4.69, 9.17) is 4.99 Å². The fourth-order valence-corrected chi connectivity index (χ4v) is 2.85. The lowest BCUT2D eigenvalue weighted by Gasteiger charge is -2.01. The van der Waals surface area contributed by atoms with E-state index in [1.54, 1.807) is 0 Å². The summed E-state index contributed by atoms with van der Waals surface area (Å²) in [5.74, 6) is 0. The smallest absolute Gasteiger partial charge is 0.0690 e. The Morgan fingerprint density at radius 2 is 1.58 bits per heavy atom. The van der Waals surface area contributed by atoms with E-state index in [2.05, 4.69) is 48.3 Å². The van der Waals surface area contributed by atoms with Crippen LogP contribution in [0.2, 0.25) is 0 Å². The first-order valence-electron chi connectivity index (χ1n) is 6.62. The maximum Gasteiger partial charge on any atom is 0.0690 e. The van der Waals surface area contributed by atoms with Crippen LogP contribution in [0.5, 0.6) is 0 Å². The Kier molecular flexibility index (Phi) is 2.18. The van der Waals surface area contributed by atoms with Gasteiger partial charge in [-0.15, -0.1) is 0 Å². The molecule has 0 radical (unpaired) electrons. The molecule has 2 aliphatic rings. The molecule has 2 heterocycles. The average molecular weight is 246 g/mol. The predicted molar refractivity (Wildman–Crippen MR) is 79.3 cm³/mol. The summed E-state index contributed by atoms with van der Waals surface area (Å²) in [7, 11) is 0. The van der Waals surface area contributed by atoms with Gasteiger partial charge in [-0.1, -0.05) is 36.4 Å². The first kappa shape index (κ1) is 10.7. The van der Waals surface area contributed by atoms with Crippen molar-refractivity contribution in [2.75, 3.05) is 0 Å². The fourth-order valence-electron chi connectivity index (χ4n) is 2.85. The number of rotatable bonds is 1. The molecular formula is C17H14N2. The Morgan fingerprint density at radius 3 is 2.42 bits per heavy atom. The number of benzene rings is 2. The van der Waals surface area contributed by atoms with Crippen molar-refractivity contribution in [2.24, 2.45) is 9.98 Å². The number of aliphatic imine (C=N–C) groups is 2. The number of fused-ring (bicyclic) bond motifs is 2. The maximum absolute atomic E-state index is 4.77. The minimum atomic E-state index is 0.936. The van der Waals surface area contributed by atoms with Crippen molar-refractivity contribution in [3.05, 3.63) is 59.2 Å². The number of hydrogen-bond acceptors (Lipinski definition) is 2. The highest BCUT2D eigenvalue weighted by molar-refractivity contribution is 6.07. The Morgan fingerprint density at radius 1 is 0.842 bits per heavy atom. The summed E-state index contributed by atoms with van der Waals surface area (Å²) < 4.78 is 0. The van der Waals surface area contributed by atoms with Crippen LogP contribution in [0.3, 0.4) is 0 Å². The molecular weight excluding hydrogens is 232 g/mol. The SMILES string of the molecule is CC1=Nc2cc3c(cc2C1)CC(c1ccccc1)=N3. The molecule has 0 spiro atoms. The summed E-state index contributed by atoms with van der Waals surface area (Å²) in [5, 5.41) is 0. The predicted octanol–water partition coefficient (Wildman–Crippen LogP) is 4.01. The van der Waals surface area contributed by atoms with E-state index in [9.17, 15) is 0 Å². The van der Waals surface area contributed by atoms with Gasteiger partial charge in [0.1, 0.15) is 0 Å². The number of hydrogen-bond donors (Lipinski definition) is 0. The standard InChI is InChI=1S/C17H14N2/c1-11-7-13-8-14-9-15(12-5-3-2-4-6-12)19-17(14)10-16(13)18-11/h2-6,8,10H,7,9H2,1H3. The zero-order valence-corrected chi connectivity index (χ0v) is 10.9. The molecule has 2 aromatic rings. The Balaban J connectivity index is 1.76. The van der Waals surface area contributed by atoms with Crippen LogP contribution in [0.4, 0.5) is 11.4 Å². The van der Waals surface area contributed by atoms with Crippen molar-refractivity contribution >= 4 is 22.8 Å². The monoisotopic (exact) mass is 246 g/mol. The van der Waals surface area contributed by atoms with Gasteiger partial charge in [0.2, 0.25) is 0 Å². The lowest BCUT2D eigenvalue weighted by molar-refractivity contribution is 1.31. The highest BCUT2D eigenvalue weighted by atomic mass is 14.8. The van der Waals surface area contributed by atoms with E-state index in [0.717, 1.165) is 24.2 Å². The highest BCUT2D eigenvalue weighted by Gasteiger charge is 2.20. The summed E-state index contributed by atoms with van der Waals surface area (Å²) in [6, 6.07) is 14.8. The van der Waals surface area contributed by atoms with Gasteiger partial charge in [-0.05, 0) is 29.7 Å². The minimum absolute atomic E-state index is 0.936. The van der Waals surface area contributed by atoms with Crippen LogP contribution in [0.1, 0.15) is 23.6 Å². The fraction of sp³-hybridized carbons (Fsp3) is 0.176. The van der Waals surface area contributed by atoms with Crippen molar-refractivity contribution in [1.29, 1.82) is 0 Å². The van der Waals surface area contributed by atoms with E-state index in [1.807, 2.05) is 6.07 Å². The molecule has 0 unspecified atom stereocenters. The third-order valence-electron chi connectivity index (χ3n) is 3.76. The van der Waals surface area contributed by atoms with Crippen LogP contribution in [-0.4, -0.2) is 11.4 Å². The van der Waals surface area contributed by atoms with Crippen molar-refractivity contribution in [3.8, 4) is 0 Å². The Labute approximate surface area is 112 Å². The van der Waals surface area contributed by atoms with Crippen molar-refractivity contribution in [1.82, 2.24) is 0 Å². The van der Waals surface area contributed by atoms with E-state index >= 15 is 0 Å². The molecule has 2 heteroatoms. The van der Waals surface area contributed by atoms with Gasteiger partial charge in [0.15, 0.2) is 0 Å². The summed E-state index contributed by atoms with van der Waals surface area (Å²) in [4.78, 5) is 9.35. The quantitative estimate of drug-likeness (QED) is 0.726. The largest absolute Gasteiger partial charge is 0.257 e. The van der Waals surface area contributed by atoms with Gasteiger partial charge in [0.25, 0.3) is 0 Å². The molecule has 0 bridgehead atoms.